The lowest BCUT2D eigenvalue weighted by Crippen LogP contribution is -2.24. The van der Waals surface area contributed by atoms with Crippen LogP contribution in [0.3, 0.4) is 0 Å². The van der Waals surface area contributed by atoms with E-state index >= 15 is 0 Å². The molecular weight excluding hydrogens is 399 g/mol. The van der Waals surface area contributed by atoms with E-state index in [1.807, 2.05) is 0 Å². The highest BCUT2D eigenvalue weighted by molar-refractivity contribution is 7.93. The number of sulfonamides is 1. The van der Waals surface area contributed by atoms with Gasteiger partial charge in [0.1, 0.15) is 10.6 Å². The van der Waals surface area contributed by atoms with Crippen LogP contribution in [0.25, 0.3) is 0 Å². The molecule has 1 fully saturated rings. The van der Waals surface area contributed by atoms with Gasteiger partial charge < -0.3 is 9.64 Å². The van der Waals surface area contributed by atoms with Gasteiger partial charge in [0.25, 0.3) is 10.0 Å². The van der Waals surface area contributed by atoms with Gasteiger partial charge in [0.2, 0.25) is 5.91 Å². The molecule has 3 rings (SSSR count). The second-order valence-electron chi connectivity index (χ2n) is 5.69. The number of nitrogens with zero attached hydrogens (tertiary/aromatic N) is 1. The molecule has 1 aliphatic heterocycles. The van der Waals surface area contributed by atoms with Gasteiger partial charge in [0.15, 0.2) is 0 Å². The Kier molecular flexibility index (Phi) is 5.32. The maximum atomic E-state index is 12.7. The van der Waals surface area contributed by atoms with Crippen LogP contribution in [-0.2, 0) is 14.8 Å². The maximum Gasteiger partial charge on any atom is 0.264 e. The quantitative estimate of drug-likeness (QED) is 0.803. The second kappa shape index (κ2) is 7.34. The lowest BCUT2D eigenvalue weighted by Gasteiger charge is -2.20. The van der Waals surface area contributed by atoms with E-state index in [1.165, 1.54) is 25.3 Å². The molecule has 0 saturated carbocycles. The van der Waals surface area contributed by atoms with E-state index in [9.17, 15) is 13.2 Å². The molecule has 2 aromatic carbocycles. The standard InChI is InChI=1S/C17H16Cl2N2O4S/c1-25-15-10-11(7-8-14(15)21-9-3-6-16(21)22)20-26(23,24)17-12(18)4-2-5-13(17)19/h2,4-5,7-8,10,20H,3,6,9H2,1H3. The average Bonchev–Trinajstić information content (AvgIpc) is 2.99. The van der Waals surface area contributed by atoms with Crippen molar-refractivity contribution in [3.05, 3.63) is 46.4 Å². The van der Waals surface area contributed by atoms with Crippen LogP contribution in [0, 0.1) is 0 Å². The van der Waals surface area contributed by atoms with Crippen molar-refractivity contribution in [2.45, 2.75) is 17.7 Å². The van der Waals surface area contributed by atoms with Crippen LogP contribution >= 0.6 is 23.2 Å². The molecular formula is C17H16Cl2N2O4S. The van der Waals surface area contributed by atoms with Gasteiger partial charge in [-0.05, 0) is 30.7 Å². The van der Waals surface area contributed by atoms with Crippen molar-refractivity contribution in [1.82, 2.24) is 0 Å². The van der Waals surface area contributed by atoms with Gasteiger partial charge in [-0.3, -0.25) is 9.52 Å². The summed E-state index contributed by atoms with van der Waals surface area (Å²) in [6.45, 7) is 0.607. The van der Waals surface area contributed by atoms with E-state index in [-0.39, 0.29) is 26.5 Å². The monoisotopic (exact) mass is 414 g/mol. The minimum atomic E-state index is -3.99. The summed E-state index contributed by atoms with van der Waals surface area (Å²) in [5, 5.41) is 0.0486. The zero-order valence-corrected chi connectivity index (χ0v) is 16.2. The fourth-order valence-electron chi connectivity index (χ4n) is 2.81. The molecule has 0 bridgehead atoms. The van der Waals surface area contributed by atoms with E-state index in [0.29, 0.717) is 24.4 Å². The van der Waals surface area contributed by atoms with Gasteiger partial charge in [-0.1, -0.05) is 29.3 Å². The molecule has 2 aromatic rings. The van der Waals surface area contributed by atoms with Crippen LogP contribution < -0.4 is 14.4 Å². The summed E-state index contributed by atoms with van der Waals surface area (Å²) in [5.41, 5.74) is 0.877. The number of carbonyl (C=O) groups is 1. The molecule has 0 spiro atoms. The first-order valence-corrected chi connectivity index (χ1v) is 10.0. The van der Waals surface area contributed by atoms with Crippen LogP contribution in [0.2, 0.25) is 10.0 Å². The average molecular weight is 415 g/mol. The van der Waals surface area contributed by atoms with Crippen molar-refractivity contribution in [2.24, 2.45) is 0 Å². The molecule has 0 aliphatic carbocycles. The number of methoxy groups -OCH3 is 1. The molecule has 138 valence electrons. The predicted molar refractivity (Wildman–Crippen MR) is 102 cm³/mol. The molecule has 1 N–H and O–H groups in total. The van der Waals surface area contributed by atoms with E-state index in [2.05, 4.69) is 4.72 Å². The van der Waals surface area contributed by atoms with Gasteiger partial charge in [-0.15, -0.1) is 0 Å². The summed E-state index contributed by atoms with van der Waals surface area (Å²) >= 11 is 12.0. The number of halogens is 2. The van der Waals surface area contributed by atoms with Crippen molar-refractivity contribution >= 4 is 50.5 Å². The second-order valence-corrected chi connectivity index (χ2v) is 8.13. The Balaban J connectivity index is 1.94. The third-order valence-electron chi connectivity index (χ3n) is 3.98. The summed E-state index contributed by atoms with van der Waals surface area (Å²) < 4.78 is 33.1. The van der Waals surface area contributed by atoms with Crippen LogP contribution in [0.1, 0.15) is 12.8 Å². The number of carbonyl (C=O) groups excluding carboxylic acids is 1. The number of rotatable bonds is 5. The topological polar surface area (TPSA) is 75.7 Å². The number of anilines is 2. The van der Waals surface area contributed by atoms with Crippen LogP contribution in [0.4, 0.5) is 11.4 Å². The fraction of sp³-hybridized carbons (Fsp3) is 0.235. The first-order valence-electron chi connectivity index (χ1n) is 7.79. The Morgan fingerprint density at radius 1 is 1.15 bits per heavy atom. The zero-order valence-electron chi connectivity index (χ0n) is 13.8. The zero-order chi connectivity index (χ0) is 18.9. The van der Waals surface area contributed by atoms with Crippen molar-refractivity contribution in [2.75, 3.05) is 23.3 Å². The van der Waals surface area contributed by atoms with Crippen molar-refractivity contribution in [3.8, 4) is 5.75 Å². The normalized spacial score (nSPS) is 14.6. The number of hydrogen-bond donors (Lipinski definition) is 1. The highest BCUT2D eigenvalue weighted by Gasteiger charge is 2.26. The Bertz CT molecular complexity index is 943. The Morgan fingerprint density at radius 2 is 1.85 bits per heavy atom. The molecule has 1 heterocycles. The molecule has 1 saturated heterocycles. The molecule has 9 heteroatoms. The van der Waals surface area contributed by atoms with Gasteiger partial charge in [-0.25, -0.2) is 8.42 Å². The van der Waals surface area contributed by atoms with Crippen LogP contribution in [0.5, 0.6) is 5.75 Å². The molecule has 1 aliphatic rings. The van der Waals surface area contributed by atoms with Crippen LogP contribution in [-0.4, -0.2) is 28.0 Å². The van der Waals surface area contributed by atoms with Gasteiger partial charge >= 0.3 is 0 Å². The Morgan fingerprint density at radius 3 is 2.42 bits per heavy atom. The highest BCUT2D eigenvalue weighted by Crippen LogP contribution is 2.35. The molecule has 0 aromatic heterocycles. The minimum absolute atomic E-state index is 0.0134. The maximum absolute atomic E-state index is 12.7. The summed E-state index contributed by atoms with van der Waals surface area (Å²) in [7, 11) is -2.53. The van der Waals surface area contributed by atoms with Gasteiger partial charge in [-0.2, -0.15) is 0 Å². The third-order valence-corrected chi connectivity index (χ3v) is 6.32. The molecule has 6 nitrogen and oxygen atoms in total. The first kappa shape index (κ1) is 18.8. The van der Waals surface area contributed by atoms with E-state index in [4.69, 9.17) is 27.9 Å². The third kappa shape index (κ3) is 3.60. The SMILES string of the molecule is COc1cc(NS(=O)(=O)c2c(Cl)cccc2Cl)ccc1N1CCCC1=O. The highest BCUT2D eigenvalue weighted by atomic mass is 35.5. The Labute approximate surface area is 161 Å². The summed E-state index contributed by atoms with van der Waals surface area (Å²) in [6, 6.07) is 9.19. The first-order chi connectivity index (χ1) is 12.3. The molecule has 0 radical (unpaired) electrons. The van der Waals surface area contributed by atoms with Crippen molar-refractivity contribution in [3.63, 3.8) is 0 Å². The number of amides is 1. The largest absolute Gasteiger partial charge is 0.494 e. The number of hydrogen-bond acceptors (Lipinski definition) is 4. The summed E-state index contributed by atoms with van der Waals surface area (Å²) in [6.07, 6.45) is 1.27. The van der Waals surface area contributed by atoms with E-state index < -0.39 is 10.0 Å². The summed E-state index contributed by atoms with van der Waals surface area (Å²) in [5.74, 6) is 0.408. The minimum Gasteiger partial charge on any atom is -0.494 e. The molecule has 0 atom stereocenters. The lowest BCUT2D eigenvalue weighted by atomic mass is 10.2. The predicted octanol–water partition coefficient (Wildman–Crippen LogP) is 3.93. The Hall–Kier alpha value is -1.96. The van der Waals surface area contributed by atoms with Crippen LogP contribution in [0.15, 0.2) is 41.3 Å². The molecule has 0 unspecified atom stereocenters. The molecule has 26 heavy (non-hydrogen) atoms. The van der Waals surface area contributed by atoms with Crippen molar-refractivity contribution < 1.29 is 17.9 Å². The number of ether oxygens (including phenoxy) is 1. The van der Waals surface area contributed by atoms with Crippen molar-refractivity contribution in [1.29, 1.82) is 0 Å². The van der Waals surface area contributed by atoms with E-state index in [0.717, 1.165) is 6.42 Å². The fourth-order valence-corrected chi connectivity index (χ4v) is 5.01. The molecule has 1 amide bonds. The summed E-state index contributed by atoms with van der Waals surface area (Å²) in [4.78, 5) is 13.4. The van der Waals surface area contributed by atoms with Gasteiger partial charge in [0, 0.05) is 19.0 Å². The lowest BCUT2D eigenvalue weighted by molar-refractivity contribution is -0.117. The van der Waals surface area contributed by atoms with E-state index in [1.54, 1.807) is 23.1 Å². The number of nitrogens with one attached hydrogen (secondary N) is 1. The smallest absolute Gasteiger partial charge is 0.264 e. The number of benzene rings is 2. The van der Waals surface area contributed by atoms with Gasteiger partial charge in [0.05, 0.1) is 28.5 Å².